The summed E-state index contributed by atoms with van der Waals surface area (Å²) in [6.07, 6.45) is 2.77. The molecule has 0 unspecified atom stereocenters. The zero-order chi connectivity index (χ0) is 22.7. The molecule has 5 heterocycles. The van der Waals surface area contributed by atoms with Crippen LogP contribution in [0.2, 0.25) is 0 Å². The molecule has 0 atom stereocenters. The summed E-state index contributed by atoms with van der Waals surface area (Å²) in [6.45, 7) is 5.79. The summed E-state index contributed by atoms with van der Waals surface area (Å²) < 4.78 is 16.0. The lowest BCUT2D eigenvalue weighted by molar-refractivity contribution is -0.119. The number of pyridine rings is 1. The van der Waals surface area contributed by atoms with Crippen molar-refractivity contribution in [2.75, 3.05) is 23.3 Å². The zero-order valence-electron chi connectivity index (χ0n) is 18.3. The number of fused-ring (bicyclic) bond motifs is 2. The van der Waals surface area contributed by atoms with Crippen LogP contribution in [0.3, 0.4) is 0 Å². The number of hydrogen-bond donors (Lipinski definition) is 1. The maximum Gasteiger partial charge on any atom is 0.235 e. The second-order valence-corrected chi connectivity index (χ2v) is 8.99. The Bertz CT molecular complexity index is 1420. The van der Waals surface area contributed by atoms with Gasteiger partial charge in [0.15, 0.2) is 11.5 Å². The van der Waals surface area contributed by atoms with Gasteiger partial charge in [-0.2, -0.15) is 5.10 Å². The van der Waals surface area contributed by atoms with Crippen molar-refractivity contribution in [1.29, 1.82) is 0 Å². The highest BCUT2D eigenvalue weighted by Crippen LogP contribution is 2.44. The lowest BCUT2D eigenvalue weighted by Gasteiger charge is -2.35. The molecule has 0 radical (unpaired) electrons. The third-order valence-corrected chi connectivity index (χ3v) is 6.47. The average Bonchev–Trinajstić information content (AvgIpc) is 3.23. The molecule has 6 rings (SSSR count). The van der Waals surface area contributed by atoms with E-state index >= 15 is 0 Å². The summed E-state index contributed by atoms with van der Waals surface area (Å²) in [5, 5.41) is 8.45. The molecular weight excluding hydrogens is 421 g/mol. The van der Waals surface area contributed by atoms with Gasteiger partial charge in [0, 0.05) is 24.8 Å². The van der Waals surface area contributed by atoms with Crippen LogP contribution < -0.4 is 10.2 Å². The van der Waals surface area contributed by atoms with Gasteiger partial charge in [-0.05, 0) is 38.5 Å². The molecule has 0 bridgehead atoms. The van der Waals surface area contributed by atoms with Crippen LogP contribution in [0.1, 0.15) is 31.4 Å². The summed E-state index contributed by atoms with van der Waals surface area (Å²) in [7, 11) is 0. The minimum Gasteiger partial charge on any atom is -0.356 e. The number of anilines is 2. The highest BCUT2D eigenvalue weighted by atomic mass is 19.1. The topological polar surface area (TPSA) is 88.8 Å². The normalized spacial score (nSPS) is 16.6. The molecule has 3 aromatic heterocycles. The van der Waals surface area contributed by atoms with Gasteiger partial charge in [0.25, 0.3) is 0 Å². The SMILES string of the molecule is CC1(C)C(=O)Nc2nc(-c3nn(Cc4ccccc4F)c4ncccc34)nc(N3CCC3)c21. The van der Waals surface area contributed by atoms with E-state index in [-0.39, 0.29) is 18.3 Å². The molecule has 1 N–H and O–H groups in total. The molecule has 2 aliphatic heterocycles. The summed E-state index contributed by atoms with van der Waals surface area (Å²) in [5.74, 6) is 1.32. The van der Waals surface area contributed by atoms with E-state index in [1.807, 2.05) is 26.0 Å². The molecule has 4 aromatic rings. The Morgan fingerprint density at radius 1 is 1.12 bits per heavy atom. The smallest absolute Gasteiger partial charge is 0.235 e. The molecule has 1 amide bonds. The quantitative estimate of drug-likeness (QED) is 0.519. The van der Waals surface area contributed by atoms with E-state index in [2.05, 4.69) is 15.2 Å². The van der Waals surface area contributed by atoms with Gasteiger partial charge in [-0.3, -0.25) is 4.79 Å². The third-order valence-electron chi connectivity index (χ3n) is 6.47. The summed E-state index contributed by atoms with van der Waals surface area (Å²) >= 11 is 0. The minimum absolute atomic E-state index is 0.0951. The number of halogens is 1. The second-order valence-electron chi connectivity index (χ2n) is 8.99. The van der Waals surface area contributed by atoms with E-state index in [9.17, 15) is 9.18 Å². The van der Waals surface area contributed by atoms with Gasteiger partial charge in [0.05, 0.1) is 22.9 Å². The Morgan fingerprint density at radius 2 is 1.94 bits per heavy atom. The number of rotatable bonds is 4. The Balaban J connectivity index is 1.53. The average molecular weight is 443 g/mol. The molecule has 8 nitrogen and oxygen atoms in total. The fraction of sp³-hybridized carbons (Fsp3) is 0.292. The lowest BCUT2D eigenvalue weighted by atomic mass is 9.86. The zero-order valence-corrected chi connectivity index (χ0v) is 18.3. The van der Waals surface area contributed by atoms with E-state index in [0.29, 0.717) is 28.5 Å². The van der Waals surface area contributed by atoms with Gasteiger partial charge in [-0.25, -0.2) is 24.0 Å². The van der Waals surface area contributed by atoms with Gasteiger partial charge in [-0.15, -0.1) is 0 Å². The van der Waals surface area contributed by atoms with Crippen molar-refractivity contribution in [3.8, 4) is 11.5 Å². The molecule has 1 fully saturated rings. The van der Waals surface area contributed by atoms with Crippen molar-refractivity contribution in [2.45, 2.75) is 32.2 Å². The van der Waals surface area contributed by atoms with Gasteiger partial charge < -0.3 is 10.2 Å². The highest BCUT2D eigenvalue weighted by molar-refractivity contribution is 6.06. The van der Waals surface area contributed by atoms with Gasteiger partial charge in [0.1, 0.15) is 23.1 Å². The van der Waals surface area contributed by atoms with E-state index in [0.717, 1.165) is 36.3 Å². The first kappa shape index (κ1) is 19.8. The van der Waals surface area contributed by atoms with Crippen LogP contribution >= 0.6 is 0 Å². The first-order valence-corrected chi connectivity index (χ1v) is 11.0. The highest BCUT2D eigenvalue weighted by Gasteiger charge is 2.44. The van der Waals surface area contributed by atoms with Crippen LogP contribution in [0.5, 0.6) is 0 Å². The van der Waals surface area contributed by atoms with E-state index in [4.69, 9.17) is 15.1 Å². The number of aromatic nitrogens is 5. The Kier molecular flexibility index (Phi) is 4.23. The first-order chi connectivity index (χ1) is 15.9. The van der Waals surface area contributed by atoms with Gasteiger partial charge in [-0.1, -0.05) is 18.2 Å². The summed E-state index contributed by atoms with van der Waals surface area (Å²) in [5.41, 5.74) is 1.80. The number of carbonyl (C=O) groups excluding carboxylic acids is 1. The van der Waals surface area contributed by atoms with Gasteiger partial charge in [0.2, 0.25) is 5.91 Å². The fourth-order valence-corrected chi connectivity index (χ4v) is 4.43. The molecule has 9 heteroatoms. The van der Waals surface area contributed by atoms with Crippen molar-refractivity contribution in [2.24, 2.45) is 0 Å². The van der Waals surface area contributed by atoms with Crippen LogP contribution in [0.4, 0.5) is 16.0 Å². The molecular formula is C24H22FN7O. The molecule has 1 saturated heterocycles. The maximum absolute atomic E-state index is 14.3. The Morgan fingerprint density at radius 3 is 2.70 bits per heavy atom. The van der Waals surface area contributed by atoms with Crippen molar-refractivity contribution < 1.29 is 9.18 Å². The number of hydrogen-bond acceptors (Lipinski definition) is 6. The predicted octanol–water partition coefficient (Wildman–Crippen LogP) is 3.52. The molecule has 1 aromatic carbocycles. The van der Waals surface area contributed by atoms with E-state index in [1.165, 1.54) is 6.07 Å². The number of carbonyl (C=O) groups is 1. The van der Waals surface area contributed by atoms with Crippen LogP contribution in [-0.2, 0) is 16.8 Å². The minimum atomic E-state index is -0.716. The number of benzene rings is 1. The first-order valence-electron chi connectivity index (χ1n) is 11.0. The third kappa shape index (κ3) is 2.99. The number of nitrogens with one attached hydrogen (secondary N) is 1. The summed E-state index contributed by atoms with van der Waals surface area (Å²) in [6, 6.07) is 10.4. The standard InChI is InChI=1S/C24H22FN7O/c1-24(2)17-19(29-23(24)33)27-20(28-22(17)31-11-6-12-31)18-15-8-5-10-26-21(15)32(30-18)13-14-7-3-4-9-16(14)25/h3-5,7-10H,6,11-13H2,1-2H3,(H,27,28,29,33). The van der Waals surface area contributed by atoms with Crippen molar-refractivity contribution in [3.05, 3.63) is 59.5 Å². The van der Waals surface area contributed by atoms with Crippen LogP contribution in [-0.4, -0.2) is 43.7 Å². The monoisotopic (exact) mass is 443 g/mol. The maximum atomic E-state index is 14.3. The molecule has 33 heavy (non-hydrogen) atoms. The van der Waals surface area contributed by atoms with Crippen LogP contribution in [0.25, 0.3) is 22.6 Å². The Labute approximate surface area is 189 Å². The number of amides is 1. The second kappa shape index (κ2) is 7.06. The lowest BCUT2D eigenvalue weighted by Crippen LogP contribution is -2.40. The molecule has 0 saturated carbocycles. The molecule has 2 aliphatic rings. The van der Waals surface area contributed by atoms with Crippen molar-refractivity contribution >= 4 is 28.6 Å². The molecule has 0 aliphatic carbocycles. The van der Waals surface area contributed by atoms with E-state index < -0.39 is 5.41 Å². The Hall–Kier alpha value is -3.88. The van der Waals surface area contributed by atoms with Crippen molar-refractivity contribution in [1.82, 2.24) is 24.7 Å². The number of nitrogens with zero attached hydrogens (tertiary/aromatic N) is 6. The summed E-state index contributed by atoms with van der Waals surface area (Å²) in [4.78, 5) is 28.9. The predicted molar refractivity (Wildman–Crippen MR) is 123 cm³/mol. The molecule has 166 valence electrons. The van der Waals surface area contributed by atoms with Crippen molar-refractivity contribution in [3.63, 3.8) is 0 Å². The largest absolute Gasteiger partial charge is 0.356 e. The van der Waals surface area contributed by atoms with Crippen LogP contribution in [0.15, 0.2) is 42.6 Å². The molecule has 0 spiro atoms. The van der Waals surface area contributed by atoms with E-state index in [1.54, 1.807) is 29.1 Å². The van der Waals surface area contributed by atoms with Gasteiger partial charge >= 0.3 is 0 Å². The van der Waals surface area contributed by atoms with Crippen LogP contribution in [0, 0.1) is 5.82 Å². The fourth-order valence-electron chi connectivity index (χ4n) is 4.43.